The molecule has 0 spiro atoms. The quantitative estimate of drug-likeness (QED) is 0.584. The first-order chi connectivity index (χ1) is 12.5. The van der Waals surface area contributed by atoms with Crippen molar-refractivity contribution in [2.45, 2.75) is 57.9 Å². The van der Waals surface area contributed by atoms with Gasteiger partial charge in [-0.3, -0.25) is 0 Å². The van der Waals surface area contributed by atoms with E-state index in [-0.39, 0.29) is 0 Å². The molecule has 2 aromatic carbocycles. The third-order valence-electron chi connectivity index (χ3n) is 6.49. The van der Waals surface area contributed by atoms with Crippen LogP contribution in [0.15, 0.2) is 36.4 Å². The van der Waals surface area contributed by atoms with Crippen LogP contribution in [0.25, 0.3) is 0 Å². The van der Waals surface area contributed by atoms with E-state index in [1.807, 2.05) is 0 Å². The van der Waals surface area contributed by atoms with Crippen LogP contribution in [0, 0.1) is 12.8 Å². The van der Waals surface area contributed by atoms with Crippen molar-refractivity contribution in [1.82, 2.24) is 4.90 Å². The fraction of sp³-hybridized carbons (Fsp3) is 0.500. The van der Waals surface area contributed by atoms with Crippen molar-refractivity contribution in [2.75, 3.05) is 13.6 Å². The molecular weight excluding hydrogens is 338 g/mol. The van der Waals surface area contributed by atoms with Crippen LogP contribution in [-0.2, 0) is 6.54 Å². The number of halogens is 1. The highest BCUT2D eigenvalue weighted by Crippen LogP contribution is 2.40. The first kappa shape index (κ1) is 18.1. The first-order valence-corrected chi connectivity index (χ1v) is 10.5. The highest BCUT2D eigenvalue weighted by molar-refractivity contribution is 6.30. The van der Waals surface area contributed by atoms with Crippen molar-refractivity contribution in [3.05, 3.63) is 69.2 Å². The van der Waals surface area contributed by atoms with Crippen LogP contribution in [0.5, 0.6) is 0 Å². The summed E-state index contributed by atoms with van der Waals surface area (Å²) in [6.07, 6.45) is 5.46. The van der Waals surface area contributed by atoms with Crippen molar-refractivity contribution in [2.24, 2.45) is 5.92 Å². The second kappa shape index (κ2) is 7.37. The lowest BCUT2D eigenvalue weighted by Gasteiger charge is -2.34. The van der Waals surface area contributed by atoms with Gasteiger partial charge in [-0.25, -0.2) is 0 Å². The van der Waals surface area contributed by atoms with Crippen molar-refractivity contribution >= 4 is 11.6 Å². The molecule has 26 heavy (non-hydrogen) atoms. The number of nitrogens with zero attached hydrogens (tertiary/aromatic N) is 1. The molecule has 1 nitrogen and oxygen atoms in total. The molecule has 3 atom stereocenters. The topological polar surface area (TPSA) is 3.24 Å². The predicted octanol–water partition coefficient (Wildman–Crippen LogP) is 6.52. The van der Waals surface area contributed by atoms with E-state index >= 15 is 0 Å². The van der Waals surface area contributed by atoms with E-state index in [2.05, 4.69) is 62.2 Å². The summed E-state index contributed by atoms with van der Waals surface area (Å²) in [6, 6.07) is 13.7. The van der Waals surface area contributed by atoms with E-state index < -0.39 is 0 Å². The van der Waals surface area contributed by atoms with Crippen LogP contribution < -0.4 is 0 Å². The SMILES string of the molecule is Cc1cc(Cl)cc2c1CN(C)C[C@H]2c1cccc(C2CCCC(C)C2)c1. The molecule has 4 rings (SSSR count). The summed E-state index contributed by atoms with van der Waals surface area (Å²) >= 11 is 6.43. The van der Waals surface area contributed by atoms with Crippen LogP contribution in [0.1, 0.15) is 72.3 Å². The monoisotopic (exact) mass is 367 g/mol. The highest BCUT2D eigenvalue weighted by atomic mass is 35.5. The normalized spacial score (nSPS) is 26.5. The number of rotatable bonds is 2. The van der Waals surface area contributed by atoms with Gasteiger partial charge < -0.3 is 4.90 Å². The number of hydrogen-bond acceptors (Lipinski definition) is 1. The van der Waals surface area contributed by atoms with E-state index in [1.165, 1.54) is 47.9 Å². The Morgan fingerprint density at radius 2 is 1.88 bits per heavy atom. The second-order valence-electron chi connectivity index (χ2n) is 8.68. The number of aryl methyl sites for hydroxylation is 1. The molecule has 2 aromatic rings. The zero-order valence-electron chi connectivity index (χ0n) is 16.3. The Hall–Kier alpha value is -1.31. The molecule has 2 heteroatoms. The molecule has 1 aliphatic carbocycles. The lowest BCUT2D eigenvalue weighted by molar-refractivity contribution is 0.294. The summed E-state index contributed by atoms with van der Waals surface area (Å²) < 4.78 is 0. The maximum Gasteiger partial charge on any atom is 0.0411 e. The summed E-state index contributed by atoms with van der Waals surface area (Å²) in [5.74, 6) is 2.02. The Morgan fingerprint density at radius 1 is 1.08 bits per heavy atom. The van der Waals surface area contributed by atoms with E-state index in [1.54, 1.807) is 5.56 Å². The number of fused-ring (bicyclic) bond motifs is 1. The highest BCUT2D eigenvalue weighted by Gasteiger charge is 2.27. The molecular formula is C24H30ClN. The third-order valence-corrected chi connectivity index (χ3v) is 6.71. The number of hydrogen-bond donors (Lipinski definition) is 0. The summed E-state index contributed by atoms with van der Waals surface area (Å²) in [5, 5.41) is 0.869. The van der Waals surface area contributed by atoms with Gasteiger partial charge in [-0.1, -0.05) is 55.6 Å². The Morgan fingerprint density at radius 3 is 2.69 bits per heavy atom. The lowest BCUT2D eigenvalue weighted by atomic mass is 9.77. The maximum absolute atomic E-state index is 6.43. The average Bonchev–Trinajstić information content (AvgIpc) is 2.62. The maximum atomic E-state index is 6.43. The van der Waals surface area contributed by atoms with E-state index in [0.29, 0.717) is 5.92 Å². The summed E-state index contributed by atoms with van der Waals surface area (Å²) in [5.41, 5.74) is 7.21. The molecule has 2 unspecified atom stereocenters. The van der Waals surface area contributed by atoms with E-state index in [0.717, 1.165) is 29.9 Å². The molecule has 0 aromatic heterocycles. The molecule has 0 radical (unpaired) electrons. The van der Waals surface area contributed by atoms with Gasteiger partial charge in [0.2, 0.25) is 0 Å². The first-order valence-electron chi connectivity index (χ1n) is 10.1. The Kier molecular flexibility index (Phi) is 5.12. The molecule has 0 bridgehead atoms. The van der Waals surface area contributed by atoms with Crippen molar-refractivity contribution in [3.8, 4) is 0 Å². The Bertz CT molecular complexity index is 797. The van der Waals surface area contributed by atoms with Gasteiger partial charge in [0, 0.05) is 24.0 Å². The zero-order valence-corrected chi connectivity index (χ0v) is 17.0. The van der Waals surface area contributed by atoms with Crippen molar-refractivity contribution in [1.29, 1.82) is 0 Å². The number of benzene rings is 2. The molecule has 1 aliphatic heterocycles. The van der Waals surface area contributed by atoms with Gasteiger partial charge in [0.1, 0.15) is 0 Å². The molecule has 0 saturated heterocycles. The van der Waals surface area contributed by atoms with E-state index in [4.69, 9.17) is 11.6 Å². The van der Waals surface area contributed by atoms with Gasteiger partial charge in [-0.15, -0.1) is 0 Å². The molecule has 0 amide bonds. The summed E-state index contributed by atoms with van der Waals surface area (Å²) in [4.78, 5) is 2.45. The fourth-order valence-corrected chi connectivity index (χ4v) is 5.40. The van der Waals surface area contributed by atoms with Crippen LogP contribution >= 0.6 is 11.6 Å². The standard InChI is InChI=1S/C24H30ClN/c1-16-6-4-7-18(10-16)19-8-5-9-20(12-19)24-15-26(3)14-23-17(2)11-21(25)13-22(23)24/h5,8-9,11-13,16,18,24H,4,6-7,10,14-15H2,1-3H3/t16?,18?,24-/m0/s1. The van der Waals surface area contributed by atoms with Crippen LogP contribution in [0.3, 0.4) is 0 Å². The molecule has 138 valence electrons. The van der Waals surface area contributed by atoms with Crippen LogP contribution in [0.4, 0.5) is 0 Å². The minimum Gasteiger partial charge on any atom is -0.301 e. The minimum atomic E-state index is 0.419. The average molecular weight is 368 g/mol. The largest absolute Gasteiger partial charge is 0.301 e. The molecule has 2 aliphatic rings. The lowest BCUT2D eigenvalue weighted by Crippen LogP contribution is -2.31. The van der Waals surface area contributed by atoms with Gasteiger partial charge in [0.05, 0.1) is 0 Å². The van der Waals surface area contributed by atoms with Gasteiger partial charge in [-0.05, 0) is 78.6 Å². The third kappa shape index (κ3) is 3.57. The smallest absolute Gasteiger partial charge is 0.0411 e. The van der Waals surface area contributed by atoms with Gasteiger partial charge in [0.15, 0.2) is 0 Å². The Labute approximate surface area is 163 Å². The fourth-order valence-electron chi connectivity index (χ4n) is 5.12. The number of likely N-dealkylation sites (N-methyl/N-ethyl adjacent to an activating group) is 1. The van der Waals surface area contributed by atoms with Crippen LogP contribution in [0.2, 0.25) is 5.02 Å². The molecule has 0 N–H and O–H groups in total. The van der Waals surface area contributed by atoms with Gasteiger partial charge in [-0.2, -0.15) is 0 Å². The minimum absolute atomic E-state index is 0.419. The predicted molar refractivity (Wildman–Crippen MR) is 111 cm³/mol. The molecule has 1 heterocycles. The van der Waals surface area contributed by atoms with Crippen molar-refractivity contribution < 1.29 is 0 Å². The summed E-state index contributed by atoms with van der Waals surface area (Å²) in [6.45, 7) is 6.69. The second-order valence-corrected chi connectivity index (χ2v) is 9.12. The zero-order chi connectivity index (χ0) is 18.3. The summed E-state index contributed by atoms with van der Waals surface area (Å²) in [7, 11) is 2.23. The molecule has 1 fully saturated rings. The van der Waals surface area contributed by atoms with Gasteiger partial charge in [0.25, 0.3) is 0 Å². The van der Waals surface area contributed by atoms with Crippen molar-refractivity contribution in [3.63, 3.8) is 0 Å². The molecule has 1 saturated carbocycles. The van der Waals surface area contributed by atoms with Crippen LogP contribution in [-0.4, -0.2) is 18.5 Å². The van der Waals surface area contributed by atoms with Gasteiger partial charge >= 0.3 is 0 Å². The van der Waals surface area contributed by atoms with E-state index in [9.17, 15) is 0 Å². The Balaban J connectivity index is 1.71.